The van der Waals surface area contributed by atoms with Crippen LogP contribution in [0.1, 0.15) is 5.56 Å². The van der Waals surface area contributed by atoms with Crippen molar-refractivity contribution in [3.8, 4) is 5.75 Å². The summed E-state index contributed by atoms with van der Waals surface area (Å²) < 4.78 is 5.52. The molecule has 0 N–H and O–H groups in total. The van der Waals surface area contributed by atoms with Gasteiger partial charge in [-0.1, -0.05) is 24.3 Å². The quantitative estimate of drug-likeness (QED) is 0.598. The van der Waals surface area contributed by atoms with E-state index in [0.717, 1.165) is 11.3 Å². The summed E-state index contributed by atoms with van der Waals surface area (Å²) in [6, 6.07) is 16.7. The van der Waals surface area contributed by atoms with E-state index < -0.39 is 4.92 Å². The van der Waals surface area contributed by atoms with Gasteiger partial charge in [0.2, 0.25) is 0 Å². The van der Waals surface area contributed by atoms with Crippen molar-refractivity contribution >= 4 is 5.69 Å². The second kappa shape index (κ2) is 5.82. The number of nitrogens with zero attached hydrogens (tertiary/aromatic N) is 1. The van der Waals surface area contributed by atoms with Crippen molar-refractivity contribution in [2.75, 3.05) is 6.61 Å². The Bertz CT molecular complexity index is 526. The minimum atomic E-state index is -0.391. The summed E-state index contributed by atoms with van der Waals surface area (Å²) in [5.41, 5.74) is 1.01. The van der Waals surface area contributed by atoms with Crippen LogP contribution in [0.5, 0.6) is 5.75 Å². The van der Waals surface area contributed by atoms with E-state index in [4.69, 9.17) is 4.74 Å². The standard InChI is InChI=1S/C14H12NO3/c16-15(17)13-6-4-5-12(11-13)9-10-18-14-7-2-1-3-8-14/h2-8,11H,9-10H2. The first kappa shape index (κ1) is 12.1. The minimum absolute atomic E-state index is 0.113. The molecular formula is C14H12NO3. The molecule has 4 nitrogen and oxygen atoms in total. The van der Waals surface area contributed by atoms with E-state index in [2.05, 4.69) is 6.07 Å². The van der Waals surface area contributed by atoms with Crippen molar-refractivity contribution in [3.63, 3.8) is 0 Å². The molecule has 91 valence electrons. The number of rotatable bonds is 5. The van der Waals surface area contributed by atoms with E-state index in [1.807, 2.05) is 18.2 Å². The van der Waals surface area contributed by atoms with Crippen molar-refractivity contribution in [2.45, 2.75) is 6.42 Å². The van der Waals surface area contributed by atoms with Gasteiger partial charge >= 0.3 is 0 Å². The number of ether oxygens (including phenoxy) is 1. The summed E-state index contributed by atoms with van der Waals surface area (Å²) in [5, 5.41) is 10.6. The lowest BCUT2D eigenvalue weighted by Crippen LogP contribution is -2.01. The minimum Gasteiger partial charge on any atom is -0.493 e. The summed E-state index contributed by atoms with van der Waals surface area (Å²) in [6.07, 6.45) is 0.639. The molecule has 0 unspecified atom stereocenters. The third-order valence-corrected chi connectivity index (χ3v) is 2.47. The molecule has 0 fully saturated rings. The molecule has 0 aromatic heterocycles. The predicted molar refractivity (Wildman–Crippen MR) is 67.6 cm³/mol. The lowest BCUT2D eigenvalue weighted by molar-refractivity contribution is -0.384. The van der Waals surface area contributed by atoms with Gasteiger partial charge in [-0.25, -0.2) is 0 Å². The molecule has 2 aromatic carbocycles. The van der Waals surface area contributed by atoms with Gasteiger partial charge in [-0.2, -0.15) is 0 Å². The van der Waals surface area contributed by atoms with E-state index in [-0.39, 0.29) is 5.69 Å². The third-order valence-electron chi connectivity index (χ3n) is 2.47. The average molecular weight is 242 g/mol. The third kappa shape index (κ3) is 3.31. The lowest BCUT2D eigenvalue weighted by atomic mass is 10.1. The highest BCUT2D eigenvalue weighted by Crippen LogP contribution is 2.14. The molecule has 0 spiro atoms. The summed E-state index contributed by atoms with van der Waals surface area (Å²) >= 11 is 0. The summed E-state index contributed by atoms with van der Waals surface area (Å²) in [6.45, 7) is 0.491. The van der Waals surface area contributed by atoms with Gasteiger partial charge in [0.1, 0.15) is 5.75 Å². The molecule has 0 heterocycles. The molecule has 0 aliphatic rings. The Morgan fingerprint density at radius 1 is 1.22 bits per heavy atom. The summed E-state index contributed by atoms with van der Waals surface area (Å²) in [4.78, 5) is 10.2. The highest BCUT2D eigenvalue weighted by Gasteiger charge is 2.05. The van der Waals surface area contributed by atoms with E-state index in [9.17, 15) is 10.1 Å². The fourth-order valence-corrected chi connectivity index (χ4v) is 1.58. The maximum Gasteiger partial charge on any atom is 0.269 e. The molecule has 0 saturated heterocycles. The maximum atomic E-state index is 10.6. The van der Waals surface area contributed by atoms with Gasteiger partial charge in [-0.15, -0.1) is 0 Å². The SMILES string of the molecule is O=[N+]([O-])c1cccc(CCOc2cc[c]cc2)c1. The number of benzene rings is 2. The van der Waals surface area contributed by atoms with Crippen LogP contribution in [-0.4, -0.2) is 11.5 Å². The first-order chi connectivity index (χ1) is 8.75. The van der Waals surface area contributed by atoms with E-state index in [0.29, 0.717) is 13.0 Å². The van der Waals surface area contributed by atoms with Crippen LogP contribution < -0.4 is 4.74 Å². The van der Waals surface area contributed by atoms with Gasteiger partial charge < -0.3 is 4.74 Å². The van der Waals surface area contributed by atoms with Crippen LogP contribution in [0.4, 0.5) is 5.69 Å². The number of nitro benzene ring substituents is 1. The average Bonchev–Trinajstić information content (AvgIpc) is 2.40. The molecule has 0 aliphatic carbocycles. The van der Waals surface area contributed by atoms with Crippen LogP contribution >= 0.6 is 0 Å². The fourth-order valence-electron chi connectivity index (χ4n) is 1.58. The second-order valence-electron chi connectivity index (χ2n) is 3.76. The monoisotopic (exact) mass is 242 g/mol. The molecule has 0 bridgehead atoms. The summed E-state index contributed by atoms with van der Waals surface area (Å²) in [7, 11) is 0. The van der Waals surface area contributed by atoms with Crippen LogP contribution in [0.3, 0.4) is 0 Å². The molecule has 2 aromatic rings. The highest BCUT2D eigenvalue weighted by molar-refractivity contribution is 5.34. The smallest absolute Gasteiger partial charge is 0.269 e. The highest BCUT2D eigenvalue weighted by atomic mass is 16.6. The van der Waals surface area contributed by atoms with Gasteiger partial charge in [0.05, 0.1) is 11.5 Å². The van der Waals surface area contributed by atoms with Crippen molar-refractivity contribution < 1.29 is 9.66 Å². The maximum absolute atomic E-state index is 10.6. The van der Waals surface area contributed by atoms with E-state index in [1.165, 1.54) is 6.07 Å². The van der Waals surface area contributed by atoms with Gasteiger partial charge in [0.15, 0.2) is 0 Å². The van der Waals surface area contributed by atoms with Crippen LogP contribution in [-0.2, 0) is 6.42 Å². The summed E-state index contributed by atoms with van der Waals surface area (Å²) in [5.74, 6) is 0.777. The Morgan fingerprint density at radius 2 is 2.00 bits per heavy atom. The van der Waals surface area contributed by atoms with Crippen molar-refractivity contribution in [1.82, 2.24) is 0 Å². The molecule has 0 saturated carbocycles. The van der Waals surface area contributed by atoms with Crippen molar-refractivity contribution in [3.05, 3.63) is 70.3 Å². The predicted octanol–water partition coefficient (Wildman–Crippen LogP) is 3.02. The second-order valence-corrected chi connectivity index (χ2v) is 3.76. The first-order valence-electron chi connectivity index (χ1n) is 5.58. The molecule has 0 atom stereocenters. The lowest BCUT2D eigenvalue weighted by Gasteiger charge is -2.05. The molecule has 4 heteroatoms. The molecule has 0 aliphatic heterocycles. The van der Waals surface area contributed by atoms with Gasteiger partial charge in [0, 0.05) is 18.6 Å². The Balaban J connectivity index is 1.90. The number of non-ortho nitro benzene ring substituents is 1. The number of hydrogen-bond donors (Lipinski definition) is 0. The molecular weight excluding hydrogens is 230 g/mol. The van der Waals surface area contributed by atoms with Crippen molar-refractivity contribution in [1.29, 1.82) is 0 Å². The van der Waals surface area contributed by atoms with Gasteiger partial charge in [-0.3, -0.25) is 10.1 Å². The van der Waals surface area contributed by atoms with Crippen LogP contribution in [0, 0.1) is 16.2 Å². The molecule has 0 amide bonds. The Hall–Kier alpha value is -2.36. The van der Waals surface area contributed by atoms with E-state index >= 15 is 0 Å². The van der Waals surface area contributed by atoms with E-state index in [1.54, 1.807) is 24.3 Å². The zero-order chi connectivity index (χ0) is 12.8. The van der Waals surface area contributed by atoms with Crippen LogP contribution in [0.2, 0.25) is 0 Å². The largest absolute Gasteiger partial charge is 0.493 e. The normalized spacial score (nSPS) is 10.0. The number of nitro groups is 1. The van der Waals surface area contributed by atoms with Crippen LogP contribution in [0.25, 0.3) is 0 Å². The number of hydrogen-bond acceptors (Lipinski definition) is 3. The Kier molecular flexibility index (Phi) is 3.91. The fraction of sp³-hybridized carbons (Fsp3) is 0.143. The topological polar surface area (TPSA) is 52.4 Å². The van der Waals surface area contributed by atoms with Gasteiger partial charge in [0.25, 0.3) is 5.69 Å². The Morgan fingerprint density at radius 3 is 2.72 bits per heavy atom. The zero-order valence-electron chi connectivity index (χ0n) is 9.70. The molecule has 18 heavy (non-hydrogen) atoms. The first-order valence-corrected chi connectivity index (χ1v) is 5.58. The van der Waals surface area contributed by atoms with Gasteiger partial charge in [-0.05, 0) is 23.8 Å². The van der Waals surface area contributed by atoms with Crippen LogP contribution in [0.15, 0.2) is 48.5 Å². The Labute approximate surface area is 105 Å². The zero-order valence-corrected chi connectivity index (χ0v) is 9.70. The van der Waals surface area contributed by atoms with Crippen molar-refractivity contribution in [2.24, 2.45) is 0 Å². The molecule has 1 radical (unpaired) electrons. The molecule has 2 rings (SSSR count).